The van der Waals surface area contributed by atoms with E-state index in [0.29, 0.717) is 13.0 Å². The second-order valence-corrected chi connectivity index (χ2v) is 4.78. The zero-order chi connectivity index (χ0) is 11.8. The van der Waals surface area contributed by atoms with Crippen LogP contribution in [0.4, 0.5) is 4.39 Å². The molecule has 86 valence electrons. The summed E-state index contributed by atoms with van der Waals surface area (Å²) in [5.41, 5.74) is 0.509. The molecule has 0 amide bonds. The van der Waals surface area contributed by atoms with E-state index in [1.54, 1.807) is 6.07 Å². The summed E-state index contributed by atoms with van der Waals surface area (Å²) in [7, 11) is 0. The van der Waals surface area contributed by atoms with E-state index in [1.165, 1.54) is 12.1 Å². The number of carbonyl (C=O) groups is 1. The third-order valence-electron chi connectivity index (χ3n) is 3.34. The molecule has 1 fully saturated rings. The number of nitrogens with zero attached hydrogens (tertiary/aromatic N) is 1. The molecule has 0 N–H and O–H groups in total. The van der Waals surface area contributed by atoms with Gasteiger partial charge in [-0.25, -0.2) is 4.39 Å². The van der Waals surface area contributed by atoms with Crippen molar-refractivity contribution in [3.05, 3.63) is 35.6 Å². The molecular formula is C13H16FNO. The number of carbonyl (C=O) groups excluding carboxylic acids is 1. The summed E-state index contributed by atoms with van der Waals surface area (Å²) in [5, 5.41) is 0. The van der Waals surface area contributed by atoms with Crippen molar-refractivity contribution in [2.45, 2.75) is 32.4 Å². The minimum atomic E-state index is -0.410. The molecule has 0 aliphatic carbocycles. The molecule has 0 unspecified atom stereocenters. The van der Waals surface area contributed by atoms with E-state index >= 15 is 0 Å². The summed E-state index contributed by atoms with van der Waals surface area (Å²) in [6.07, 6.45) is 0.600. The Morgan fingerprint density at radius 3 is 2.75 bits per heavy atom. The van der Waals surface area contributed by atoms with Crippen molar-refractivity contribution in [3.8, 4) is 0 Å². The molecule has 2 nitrogen and oxygen atoms in total. The average molecular weight is 221 g/mol. The maximum absolute atomic E-state index is 13.0. The number of Topliss-reactive ketones (excluding diaryl/α,β-unsaturated/α-hetero) is 1. The lowest BCUT2D eigenvalue weighted by atomic mass is 10.00. The Kier molecular flexibility index (Phi) is 2.80. The molecule has 0 saturated carbocycles. The Morgan fingerprint density at radius 1 is 1.44 bits per heavy atom. The van der Waals surface area contributed by atoms with Gasteiger partial charge in [-0.2, -0.15) is 0 Å². The molecule has 0 radical (unpaired) electrons. The van der Waals surface area contributed by atoms with Crippen molar-refractivity contribution in [2.75, 3.05) is 6.54 Å². The predicted molar refractivity (Wildman–Crippen MR) is 60.5 cm³/mol. The van der Waals surface area contributed by atoms with E-state index in [0.717, 1.165) is 12.1 Å². The molecule has 1 aliphatic rings. The summed E-state index contributed by atoms with van der Waals surface area (Å²) in [6.45, 7) is 5.27. The van der Waals surface area contributed by atoms with E-state index in [4.69, 9.17) is 0 Å². The first-order valence-corrected chi connectivity index (χ1v) is 5.53. The van der Waals surface area contributed by atoms with E-state index in [1.807, 2.05) is 19.9 Å². The summed E-state index contributed by atoms with van der Waals surface area (Å²) in [4.78, 5) is 13.7. The number of likely N-dealkylation sites (tertiary alicyclic amines) is 1. The summed E-state index contributed by atoms with van der Waals surface area (Å²) in [6, 6.07) is 6.56. The fourth-order valence-corrected chi connectivity index (χ4v) is 2.13. The predicted octanol–water partition coefficient (Wildman–Crippen LogP) is 2.38. The molecule has 1 heterocycles. The molecular weight excluding hydrogens is 205 g/mol. The lowest BCUT2D eigenvalue weighted by Gasteiger charge is -2.29. The average Bonchev–Trinajstić information content (AvgIpc) is 2.45. The van der Waals surface area contributed by atoms with Crippen LogP contribution in [0.5, 0.6) is 0 Å². The van der Waals surface area contributed by atoms with Gasteiger partial charge in [-0.3, -0.25) is 9.69 Å². The Bertz CT molecular complexity index is 414. The quantitative estimate of drug-likeness (QED) is 0.764. The van der Waals surface area contributed by atoms with Crippen LogP contribution in [-0.2, 0) is 11.3 Å². The first kappa shape index (κ1) is 11.3. The fraction of sp³-hybridized carbons (Fsp3) is 0.462. The molecule has 0 bridgehead atoms. The van der Waals surface area contributed by atoms with Gasteiger partial charge in [0, 0.05) is 19.5 Å². The number of halogens is 1. The van der Waals surface area contributed by atoms with Crippen LogP contribution in [0.25, 0.3) is 0 Å². The lowest BCUT2D eigenvalue weighted by Crippen LogP contribution is -2.42. The van der Waals surface area contributed by atoms with Crippen molar-refractivity contribution in [1.29, 1.82) is 0 Å². The van der Waals surface area contributed by atoms with Gasteiger partial charge in [-0.1, -0.05) is 12.1 Å². The smallest absolute Gasteiger partial charge is 0.153 e. The minimum absolute atomic E-state index is 0.221. The maximum atomic E-state index is 13.0. The first-order valence-electron chi connectivity index (χ1n) is 5.53. The van der Waals surface area contributed by atoms with Crippen molar-refractivity contribution in [2.24, 2.45) is 0 Å². The van der Waals surface area contributed by atoms with Crippen LogP contribution >= 0.6 is 0 Å². The van der Waals surface area contributed by atoms with Crippen molar-refractivity contribution >= 4 is 5.78 Å². The number of ketones is 1. The van der Waals surface area contributed by atoms with Gasteiger partial charge in [0.1, 0.15) is 5.82 Å². The third kappa shape index (κ3) is 2.00. The van der Waals surface area contributed by atoms with Gasteiger partial charge in [0.25, 0.3) is 0 Å². The highest BCUT2D eigenvalue weighted by atomic mass is 19.1. The highest BCUT2D eigenvalue weighted by Gasteiger charge is 2.39. The molecule has 0 spiro atoms. The Morgan fingerprint density at radius 2 is 2.19 bits per heavy atom. The van der Waals surface area contributed by atoms with Gasteiger partial charge in [0.2, 0.25) is 0 Å². The zero-order valence-corrected chi connectivity index (χ0v) is 9.66. The zero-order valence-electron chi connectivity index (χ0n) is 9.66. The Balaban J connectivity index is 2.14. The lowest BCUT2D eigenvalue weighted by molar-refractivity contribution is -0.123. The topological polar surface area (TPSA) is 20.3 Å². The minimum Gasteiger partial charge on any atom is -0.298 e. The van der Waals surface area contributed by atoms with Gasteiger partial charge in [0.05, 0.1) is 5.54 Å². The number of hydrogen-bond donors (Lipinski definition) is 0. The van der Waals surface area contributed by atoms with Crippen LogP contribution in [0.1, 0.15) is 25.8 Å². The Labute approximate surface area is 95.1 Å². The van der Waals surface area contributed by atoms with Crippen LogP contribution in [0.2, 0.25) is 0 Å². The van der Waals surface area contributed by atoms with Crippen LogP contribution in [0.15, 0.2) is 24.3 Å². The van der Waals surface area contributed by atoms with Gasteiger partial charge in [-0.15, -0.1) is 0 Å². The standard InChI is InChI=1S/C13H16FNO/c1-13(2)12(16)6-7-15(13)9-10-4-3-5-11(14)8-10/h3-5,8H,6-7,9H2,1-2H3. The largest absolute Gasteiger partial charge is 0.298 e. The number of benzene rings is 1. The molecule has 2 rings (SSSR count). The van der Waals surface area contributed by atoms with Gasteiger partial charge < -0.3 is 0 Å². The summed E-state index contributed by atoms with van der Waals surface area (Å²) >= 11 is 0. The molecule has 3 heteroatoms. The third-order valence-corrected chi connectivity index (χ3v) is 3.34. The summed E-state index contributed by atoms with van der Waals surface area (Å²) in [5.74, 6) is 0.0460. The van der Waals surface area contributed by atoms with Crippen LogP contribution < -0.4 is 0 Å². The monoisotopic (exact) mass is 221 g/mol. The van der Waals surface area contributed by atoms with Crippen molar-refractivity contribution in [1.82, 2.24) is 4.90 Å². The highest BCUT2D eigenvalue weighted by molar-refractivity contribution is 5.89. The molecule has 0 aromatic heterocycles. The van der Waals surface area contributed by atoms with E-state index < -0.39 is 5.54 Å². The molecule has 1 aliphatic heterocycles. The number of hydrogen-bond acceptors (Lipinski definition) is 2. The van der Waals surface area contributed by atoms with Crippen molar-refractivity contribution < 1.29 is 9.18 Å². The van der Waals surface area contributed by atoms with Crippen LogP contribution in [-0.4, -0.2) is 22.8 Å². The molecule has 0 atom stereocenters. The second kappa shape index (κ2) is 3.98. The Hall–Kier alpha value is -1.22. The SMILES string of the molecule is CC1(C)C(=O)CCN1Cc1cccc(F)c1. The maximum Gasteiger partial charge on any atom is 0.153 e. The van der Waals surface area contributed by atoms with Crippen LogP contribution in [0, 0.1) is 5.82 Å². The van der Waals surface area contributed by atoms with Crippen molar-refractivity contribution in [3.63, 3.8) is 0 Å². The van der Waals surface area contributed by atoms with Gasteiger partial charge >= 0.3 is 0 Å². The fourth-order valence-electron chi connectivity index (χ4n) is 2.13. The van der Waals surface area contributed by atoms with Crippen LogP contribution in [0.3, 0.4) is 0 Å². The normalized spacial score (nSPS) is 20.3. The summed E-state index contributed by atoms with van der Waals surface area (Å²) < 4.78 is 13.0. The molecule has 1 aromatic rings. The molecule has 16 heavy (non-hydrogen) atoms. The van der Waals surface area contributed by atoms with E-state index in [-0.39, 0.29) is 11.6 Å². The first-order chi connectivity index (χ1) is 7.50. The van der Waals surface area contributed by atoms with Gasteiger partial charge in [0.15, 0.2) is 5.78 Å². The van der Waals surface area contributed by atoms with E-state index in [9.17, 15) is 9.18 Å². The molecule has 1 aromatic carbocycles. The van der Waals surface area contributed by atoms with E-state index in [2.05, 4.69) is 4.90 Å². The highest BCUT2D eigenvalue weighted by Crippen LogP contribution is 2.26. The van der Waals surface area contributed by atoms with Gasteiger partial charge in [-0.05, 0) is 31.5 Å². The molecule has 1 saturated heterocycles. The second-order valence-electron chi connectivity index (χ2n) is 4.78. The number of rotatable bonds is 2.